The Morgan fingerprint density at radius 3 is 2.58 bits per heavy atom. The SMILES string of the molecule is CC(C)(C)OC(=O)NCCONC(=O)[C@@H]1CC2(CC2)C2CN1C(=O)N2OCc1ccccc1. The highest BCUT2D eigenvalue weighted by Crippen LogP contribution is 2.59. The second-order valence-electron chi connectivity index (χ2n) is 9.86. The van der Waals surface area contributed by atoms with Crippen LogP contribution in [-0.2, 0) is 25.8 Å². The highest BCUT2D eigenvalue weighted by molar-refractivity contribution is 5.88. The van der Waals surface area contributed by atoms with Crippen molar-refractivity contribution in [3.8, 4) is 0 Å². The van der Waals surface area contributed by atoms with Gasteiger partial charge in [-0.3, -0.25) is 14.5 Å². The van der Waals surface area contributed by atoms with Crippen LogP contribution in [-0.4, -0.2) is 65.4 Å². The smallest absolute Gasteiger partial charge is 0.407 e. The van der Waals surface area contributed by atoms with Crippen molar-refractivity contribution in [1.82, 2.24) is 20.8 Å². The molecule has 2 N–H and O–H groups in total. The fourth-order valence-electron chi connectivity index (χ4n) is 4.44. The van der Waals surface area contributed by atoms with Crippen LogP contribution in [0.3, 0.4) is 0 Å². The van der Waals surface area contributed by atoms with Gasteiger partial charge in [-0.1, -0.05) is 30.3 Å². The van der Waals surface area contributed by atoms with Crippen molar-refractivity contribution in [2.75, 3.05) is 19.7 Å². The molecule has 2 saturated heterocycles. The summed E-state index contributed by atoms with van der Waals surface area (Å²) in [6.07, 6.45) is 1.97. The fourth-order valence-corrected chi connectivity index (χ4v) is 4.44. The Kier molecular flexibility index (Phi) is 6.49. The number of urea groups is 1. The first-order chi connectivity index (χ1) is 15.7. The minimum atomic E-state index is -0.611. The highest BCUT2D eigenvalue weighted by atomic mass is 16.7. The lowest BCUT2D eigenvalue weighted by Gasteiger charge is -2.35. The van der Waals surface area contributed by atoms with Gasteiger partial charge in [0.15, 0.2) is 0 Å². The van der Waals surface area contributed by atoms with E-state index in [1.165, 1.54) is 5.06 Å². The van der Waals surface area contributed by atoms with Gasteiger partial charge >= 0.3 is 12.1 Å². The summed E-state index contributed by atoms with van der Waals surface area (Å²) in [5, 5.41) is 4.03. The third-order valence-corrected chi connectivity index (χ3v) is 6.22. The van der Waals surface area contributed by atoms with Gasteiger partial charge in [0, 0.05) is 13.1 Å². The zero-order valence-electron chi connectivity index (χ0n) is 19.3. The maximum Gasteiger partial charge on any atom is 0.407 e. The number of hydrogen-bond donors (Lipinski definition) is 2. The molecule has 1 aliphatic carbocycles. The van der Waals surface area contributed by atoms with Crippen molar-refractivity contribution in [2.45, 2.75) is 64.3 Å². The van der Waals surface area contributed by atoms with Crippen molar-refractivity contribution in [1.29, 1.82) is 0 Å². The molecule has 0 aromatic heterocycles. The number of fused-ring (bicyclic) bond motifs is 3. The summed E-state index contributed by atoms with van der Waals surface area (Å²) in [6.45, 7) is 6.35. The van der Waals surface area contributed by atoms with Gasteiger partial charge in [-0.2, -0.15) is 5.06 Å². The molecule has 4 amide bonds. The minimum Gasteiger partial charge on any atom is -0.444 e. The van der Waals surface area contributed by atoms with Gasteiger partial charge in [-0.25, -0.2) is 15.1 Å². The van der Waals surface area contributed by atoms with Crippen molar-refractivity contribution >= 4 is 18.0 Å². The van der Waals surface area contributed by atoms with Crippen LogP contribution in [0.15, 0.2) is 30.3 Å². The normalized spacial score (nSPS) is 22.9. The minimum absolute atomic E-state index is 0.0447. The molecule has 10 heteroatoms. The van der Waals surface area contributed by atoms with E-state index in [0.717, 1.165) is 18.4 Å². The molecule has 1 unspecified atom stereocenters. The molecule has 2 heterocycles. The highest BCUT2D eigenvalue weighted by Gasteiger charge is 2.64. The molecule has 10 nitrogen and oxygen atoms in total. The third-order valence-electron chi connectivity index (χ3n) is 6.22. The fraction of sp³-hybridized carbons (Fsp3) is 0.609. The summed E-state index contributed by atoms with van der Waals surface area (Å²) in [5.41, 5.74) is 2.74. The van der Waals surface area contributed by atoms with E-state index in [0.29, 0.717) is 19.6 Å². The van der Waals surface area contributed by atoms with Gasteiger partial charge in [0.1, 0.15) is 18.2 Å². The van der Waals surface area contributed by atoms with Crippen molar-refractivity contribution in [3.63, 3.8) is 0 Å². The summed E-state index contributed by atoms with van der Waals surface area (Å²) in [4.78, 5) is 50.2. The summed E-state index contributed by atoms with van der Waals surface area (Å²) in [7, 11) is 0. The van der Waals surface area contributed by atoms with E-state index in [4.69, 9.17) is 14.4 Å². The first-order valence-corrected chi connectivity index (χ1v) is 11.3. The first kappa shape index (κ1) is 23.3. The molecular weight excluding hydrogens is 428 g/mol. The van der Waals surface area contributed by atoms with Crippen LogP contribution in [0, 0.1) is 5.41 Å². The Balaban J connectivity index is 1.27. The molecule has 1 aromatic carbocycles. The van der Waals surface area contributed by atoms with E-state index in [-0.39, 0.29) is 36.5 Å². The van der Waals surface area contributed by atoms with Crippen LogP contribution < -0.4 is 10.8 Å². The van der Waals surface area contributed by atoms with Gasteiger partial charge in [-0.05, 0) is 51.0 Å². The number of rotatable bonds is 8. The lowest BCUT2D eigenvalue weighted by atomic mass is 9.85. The second kappa shape index (κ2) is 9.18. The van der Waals surface area contributed by atoms with Crippen LogP contribution in [0.1, 0.15) is 45.6 Å². The van der Waals surface area contributed by atoms with Gasteiger partial charge in [0.2, 0.25) is 0 Å². The molecule has 2 bridgehead atoms. The number of carbonyl (C=O) groups excluding carboxylic acids is 3. The molecule has 0 radical (unpaired) electrons. The molecule has 33 heavy (non-hydrogen) atoms. The Labute approximate surface area is 193 Å². The summed E-state index contributed by atoms with van der Waals surface area (Å²) in [6, 6.07) is 8.75. The van der Waals surface area contributed by atoms with E-state index >= 15 is 0 Å². The topological polar surface area (TPSA) is 109 Å². The standard InChI is InChI=1S/C23H32N4O6/c1-22(2,3)33-20(29)24-11-12-31-25-19(28)17-13-23(9-10-23)18-14-26(17)21(30)27(18)32-15-16-7-5-4-6-8-16/h4-8,17-18H,9-15H2,1-3H3,(H,24,29)(H,25,28)/t17-,18?/m0/s1. The van der Waals surface area contributed by atoms with Gasteiger partial charge in [0.05, 0.1) is 12.6 Å². The molecule has 2 aliphatic heterocycles. The quantitative estimate of drug-likeness (QED) is 0.455. The number of benzene rings is 1. The first-order valence-electron chi connectivity index (χ1n) is 11.3. The monoisotopic (exact) mass is 460 g/mol. The number of nitrogens with one attached hydrogen (secondary N) is 2. The summed E-state index contributed by atoms with van der Waals surface area (Å²) in [5.74, 6) is -0.366. The lowest BCUT2D eigenvalue weighted by Crippen LogP contribution is -2.53. The maximum absolute atomic E-state index is 13.0. The number of carbonyl (C=O) groups is 3. The van der Waals surface area contributed by atoms with Gasteiger partial charge < -0.3 is 15.0 Å². The molecule has 4 rings (SSSR count). The Bertz CT molecular complexity index is 883. The van der Waals surface area contributed by atoms with Gasteiger partial charge in [-0.15, -0.1) is 0 Å². The Morgan fingerprint density at radius 1 is 1.18 bits per heavy atom. The molecule has 2 atom stereocenters. The molecular formula is C23H32N4O6. The van der Waals surface area contributed by atoms with Crippen molar-refractivity contribution in [3.05, 3.63) is 35.9 Å². The maximum atomic E-state index is 13.0. The number of hydrogen-bond acceptors (Lipinski definition) is 6. The van der Waals surface area contributed by atoms with E-state index in [1.807, 2.05) is 30.3 Å². The van der Waals surface area contributed by atoms with E-state index in [2.05, 4.69) is 10.8 Å². The number of ether oxygens (including phenoxy) is 1. The zero-order valence-corrected chi connectivity index (χ0v) is 19.3. The van der Waals surface area contributed by atoms with E-state index < -0.39 is 17.7 Å². The average molecular weight is 461 g/mol. The van der Waals surface area contributed by atoms with Crippen LogP contribution >= 0.6 is 0 Å². The van der Waals surface area contributed by atoms with Crippen LogP contribution in [0.4, 0.5) is 9.59 Å². The van der Waals surface area contributed by atoms with Crippen LogP contribution in [0.5, 0.6) is 0 Å². The number of alkyl carbamates (subject to hydrolysis) is 1. The van der Waals surface area contributed by atoms with E-state index in [9.17, 15) is 14.4 Å². The predicted octanol–water partition coefficient (Wildman–Crippen LogP) is 2.35. The van der Waals surface area contributed by atoms with E-state index in [1.54, 1.807) is 25.7 Å². The second-order valence-corrected chi connectivity index (χ2v) is 9.86. The molecule has 1 saturated carbocycles. The molecule has 3 aliphatic rings. The average Bonchev–Trinajstić information content (AvgIpc) is 3.47. The number of hydroxylamine groups is 3. The van der Waals surface area contributed by atoms with Crippen LogP contribution in [0.25, 0.3) is 0 Å². The number of nitrogens with zero attached hydrogens (tertiary/aromatic N) is 2. The largest absolute Gasteiger partial charge is 0.444 e. The molecule has 180 valence electrons. The molecule has 1 aromatic rings. The molecule has 3 fully saturated rings. The Hall–Kier alpha value is -2.85. The number of piperidine rings is 1. The third kappa shape index (κ3) is 5.39. The zero-order chi connectivity index (χ0) is 23.6. The summed E-state index contributed by atoms with van der Waals surface area (Å²) >= 11 is 0. The lowest BCUT2D eigenvalue weighted by molar-refractivity contribution is -0.154. The predicted molar refractivity (Wildman–Crippen MR) is 117 cm³/mol. The van der Waals surface area contributed by atoms with Crippen molar-refractivity contribution < 1.29 is 28.8 Å². The van der Waals surface area contributed by atoms with Gasteiger partial charge in [0.25, 0.3) is 5.91 Å². The van der Waals surface area contributed by atoms with Crippen LogP contribution in [0.2, 0.25) is 0 Å². The number of amides is 4. The Morgan fingerprint density at radius 2 is 1.91 bits per heavy atom. The molecule has 1 spiro atoms. The van der Waals surface area contributed by atoms with Crippen molar-refractivity contribution in [2.24, 2.45) is 5.41 Å². The summed E-state index contributed by atoms with van der Waals surface area (Å²) < 4.78 is 5.14.